The van der Waals surface area contributed by atoms with Gasteiger partial charge in [-0.1, -0.05) is 13.0 Å². The molecule has 35 heavy (non-hydrogen) atoms. The van der Waals surface area contributed by atoms with Gasteiger partial charge < -0.3 is 24.4 Å². The number of hydrogen-bond acceptors (Lipinski definition) is 8. The maximum absolute atomic E-state index is 12.6. The number of esters is 1. The summed E-state index contributed by atoms with van der Waals surface area (Å²) in [5.41, 5.74) is 1.12. The summed E-state index contributed by atoms with van der Waals surface area (Å²) < 4.78 is 15.7. The molecule has 0 radical (unpaired) electrons. The molecule has 2 aromatic carbocycles. The Hall–Kier alpha value is -3.82. The van der Waals surface area contributed by atoms with Crippen LogP contribution in [0.1, 0.15) is 42.6 Å². The lowest BCUT2D eigenvalue weighted by atomic mass is 9.98. The van der Waals surface area contributed by atoms with Gasteiger partial charge in [0.2, 0.25) is 0 Å². The van der Waals surface area contributed by atoms with Crippen molar-refractivity contribution in [2.75, 3.05) is 32.2 Å². The van der Waals surface area contributed by atoms with E-state index in [0.29, 0.717) is 23.1 Å². The number of rotatable bonds is 9. The second-order valence-electron chi connectivity index (χ2n) is 8.58. The van der Waals surface area contributed by atoms with Crippen LogP contribution in [0.3, 0.4) is 0 Å². The third kappa shape index (κ3) is 6.40. The Labute approximate surface area is 204 Å². The third-order valence-corrected chi connectivity index (χ3v) is 6.10. The minimum atomic E-state index is -1.09. The molecule has 3 rings (SSSR count). The first-order valence-electron chi connectivity index (χ1n) is 11.5. The number of benzene rings is 2. The van der Waals surface area contributed by atoms with E-state index in [1.165, 1.54) is 33.3 Å². The highest BCUT2D eigenvalue weighted by atomic mass is 16.6. The van der Waals surface area contributed by atoms with Crippen molar-refractivity contribution in [1.82, 2.24) is 5.32 Å². The predicted octanol–water partition coefficient (Wildman–Crippen LogP) is 3.71. The van der Waals surface area contributed by atoms with Crippen molar-refractivity contribution in [2.45, 2.75) is 39.3 Å². The van der Waals surface area contributed by atoms with Gasteiger partial charge in [-0.25, -0.2) is 4.79 Å². The van der Waals surface area contributed by atoms with Crippen molar-refractivity contribution in [3.05, 3.63) is 57.6 Å². The van der Waals surface area contributed by atoms with Gasteiger partial charge in [-0.3, -0.25) is 14.9 Å². The summed E-state index contributed by atoms with van der Waals surface area (Å²) in [6, 6.07) is 9.53. The molecule has 10 heteroatoms. The van der Waals surface area contributed by atoms with Crippen molar-refractivity contribution >= 4 is 23.3 Å². The highest BCUT2D eigenvalue weighted by Crippen LogP contribution is 2.32. The minimum Gasteiger partial charge on any atom is -0.493 e. The molecule has 1 N–H and O–H groups in total. The van der Waals surface area contributed by atoms with Gasteiger partial charge in [0, 0.05) is 25.7 Å². The van der Waals surface area contributed by atoms with E-state index in [-0.39, 0.29) is 17.8 Å². The molecule has 0 aromatic heterocycles. The summed E-state index contributed by atoms with van der Waals surface area (Å²) >= 11 is 0. The molecular formula is C25H31N3O7. The maximum atomic E-state index is 12.6. The summed E-state index contributed by atoms with van der Waals surface area (Å²) in [4.78, 5) is 38.2. The Morgan fingerprint density at radius 1 is 1.11 bits per heavy atom. The molecule has 1 aliphatic heterocycles. The van der Waals surface area contributed by atoms with Crippen LogP contribution < -0.4 is 19.7 Å². The van der Waals surface area contributed by atoms with Crippen molar-refractivity contribution in [2.24, 2.45) is 5.92 Å². The monoisotopic (exact) mass is 485 g/mol. The molecule has 1 saturated heterocycles. The van der Waals surface area contributed by atoms with Gasteiger partial charge in [0.05, 0.1) is 24.7 Å². The molecule has 10 nitrogen and oxygen atoms in total. The lowest BCUT2D eigenvalue weighted by Crippen LogP contribution is -2.35. The van der Waals surface area contributed by atoms with Crippen molar-refractivity contribution in [1.29, 1.82) is 0 Å². The SMILES string of the molecule is COc1ccc(CNC(=O)C(C)OC(=O)c2ccc(N3CCC(C)CC3)c([N+](=O)[O-])c2)cc1OC. The molecule has 0 aliphatic carbocycles. The van der Waals surface area contributed by atoms with Gasteiger partial charge in [-0.15, -0.1) is 0 Å². The summed E-state index contributed by atoms with van der Waals surface area (Å²) in [6.07, 6.45) is 0.818. The molecule has 1 atom stereocenters. The molecule has 1 fully saturated rings. The van der Waals surface area contributed by atoms with Crippen LogP contribution in [0.2, 0.25) is 0 Å². The lowest BCUT2D eigenvalue weighted by Gasteiger charge is -2.31. The molecule has 0 spiro atoms. The average Bonchev–Trinajstić information content (AvgIpc) is 2.86. The Morgan fingerprint density at radius 2 is 1.80 bits per heavy atom. The number of amides is 1. The van der Waals surface area contributed by atoms with E-state index < -0.39 is 22.9 Å². The van der Waals surface area contributed by atoms with Crippen LogP contribution in [0, 0.1) is 16.0 Å². The number of carbonyl (C=O) groups excluding carboxylic acids is 2. The number of nitrogens with zero attached hydrogens (tertiary/aromatic N) is 2. The van der Waals surface area contributed by atoms with E-state index in [4.69, 9.17) is 14.2 Å². The molecule has 1 heterocycles. The highest BCUT2D eigenvalue weighted by molar-refractivity contribution is 5.93. The molecule has 0 bridgehead atoms. The standard InChI is InChI=1S/C25H31N3O7/c1-16-9-11-27(12-10-16)20-7-6-19(14-21(20)28(31)32)25(30)35-17(2)24(29)26-15-18-5-8-22(33-3)23(13-18)34-4/h5-8,13-14,16-17H,9-12,15H2,1-4H3,(H,26,29). The van der Waals surface area contributed by atoms with Crippen LogP contribution in [0.15, 0.2) is 36.4 Å². The van der Waals surface area contributed by atoms with Gasteiger partial charge in [-0.05, 0) is 55.5 Å². The average molecular weight is 486 g/mol. The van der Waals surface area contributed by atoms with Gasteiger partial charge in [0.25, 0.3) is 11.6 Å². The van der Waals surface area contributed by atoms with E-state index in [2.05, 4.69) is 12.2 Å². The normalized spacial score (nSPS) is 14.7. The number of piperidine rings is 1. The Balaban J connectivity index is 1.62. The second kappa shape index (κ2) is 11.5. The number of nitrogens with one attached hydrogen (secondary N) is 1. The molecule has 0 saturated carbocycles. The van der Waals surface area contributed by atoms with E-state index in [9.17, 15) is 19.7 Å². The van der Waals surface area contributed by atoms with Crippen LogP contribution in [0.4, 0.5) is 11.4 Å². The van der Waals surface area contributed by atoms with E-state index >= 15 is 0 Å². The molecular weight excluding hydrogens is 454 g/mol. The fourth-order valence-corrected chi connectivity index (χ4v) is 3.92. The maximum Gasteiger partial charge on any atom is 0.339 e. The fraction of sp³-hybridized carbons (Fsp3) is 0.440. The summed E-state index contributed by atoms with van der Waals surface area (Å²) in [5, 5.41) is 14.4. The number of nitro groups is 1. The van der Waals surface area contributed by atoms with Crippen LogP contribution in [-0.2, 0) is 16.1 Å². The van der Waals surface area contributed by atoms with Crippen molar-refractivity contribution in [3.63, 3.8) is 0 Å². The number of anilines is 1. The molecule has 1 amide bonds. The van der Waals surface area contributed by atoms with Crippen LogP contribution >= 0.6 is 0 Å². The Bertz CT molecular complexity index is 1080. The number of carbonyl (C=O) groups is 2. The highest BCUT2D eigenvalue weighted by Gasteiger charge is 2.26. The number of ether oxygens (including phenoxy) is 3. The van der Waals surface area contributed by atoms with Gasteiger partial charge in [0.15, 0.2) is 17.6 Å². The number of hydrogen-bond donors (Lipinski definition) is 1. The van der Waals surface area contributed by atoms with Crippen LogP contribution in [-0.4, -0.2) is 50.2 Å². The second-order valence-corrected chi connectivity index (χ2v) is 8.58. The quantitative estimate of drug-likeness (QED) is 0.324. The van der Waals surface area contributed by atoms with Crippen LogP contribution in [0.5, 0.6) is 11.5 Å². The Morgan fingerprint density at radius 3 is 2.43 bits per heavy atom. The Kier molecular flexibility index (Phi) is 8.51. The molecule has 1 unspecified atom stereocenters. The fourth-order valence-electron chi connectivity index (χ4n) is 3.92. The zero-order valence-corrected chi connectivity index (χ0v) is 20.4. The zero-order chi connectivity index (χ0) is 25.5. The molecule has 188 valence electrons. The largest absolute Gasteiger partial charge is 0.493 e. The van der Waals surface area contributed by atoms with Gasteiger partial charge >= 0.3 is 5.97 Å². The number of methoxy groups -OCH3 is 2. The van der Waals surface area contributed by atoms with E-state index in [0.717, 1.165) is 31.5 Å². The summed E-state index contributed by atoms with van der Waals surface area (Å²) in [6.45, 7) is 5.25. The van der Waals surface area contributed by atoms with Gasteiger partial charge in [-0.2, -0.15) is 0 Å². The smallest absolute Gasteiger partial charge is 0.339 e. The third-order valence-electron chi connectivity index (χ3n) is 6.10. The molecule has 2 aromatic rings. The first-order valence-corrected chi connectivity index (χ1v) is 11.5. The molecule has 1 aliphatic rings. The first-order chi connectivity index (χ1) is 16.7. The van der Waals surface area contributed by atoms with Crippen molar-refractivity contribution in [3.8, 4) is 11.5 Å². The van der Waals surface area contributed by atoms with Gasteiger partial charge in [0.1, 0.15) is 5.69 Å². The predicted molar refractivity (Wildman–Crippen MR) is 130 cm³/mol. The minimum absolute atomic E-state index is 0.0189. The first kappa shape index (κ1) is 25.8. The number of nitro benzene ring substituents is 1. The van der Waals surface area contributed by atoms with E-state index in [1.807, 2.05) is 4.90 Å². The van der Waals surface area contributed by atoms with Crippen molar-refractivity contribution < 1.29 is 28.7 Å². The topological polar surface area (TPSA) is 120 Å². The van der Waals surface area contributed by atoms with Crippen LogP contribution in [0.25, 0.3) is 0 Å². The summed E-state index contributed by atoms with van der Waals surface area (Å²) in [7, 11) is 3.05. The lowest BCUT2D eigenvalue weighted by molar-refractivity contribution is -0.384. The zero-order valence-electron chi connectivity index (χ0n) is 20.4. The van der Waals surface area contributed by atoms with E-state index in [1.54, 1.807) is 24.3 Å². The summed E-state index contributed by atoms with van der Waals surface area (Å²) in [5.74, 6) is 0.379.